The molecule has 0 saturated heterocycles. The van der Waals surface area contributed by atoms with E-state index in [0.717, 1.165) is 19.3 Å². The highest BCUT2D eigenvalue weighted by Crippen LogP contribution is 2.71. The van der Waals surface area contributed by atoms with Gasteiger partial charge < -0.3 is 14.9 Å². The number of ether oxygens (including phenoxy) is 1. The first-order chi connectivity index (χ1) is 16.4. The number of allylic oxidation sites excluding steroid dienone is 6. The fourth-order valence-electron chi connectivity index (χ4n) is 7.33. The van der Waals surface area contributed by atoms with Crippen molar-refractivity contribution in [3.05, 3.63) is 59.8 Å². The van der Waals surface area contributed by atoms with E-state index in [4.69, 9.17) is 4.74 Å². The van der Waals surface area contributed by atoms with Crippen molar-refractivity contribution in [3.63, 3.8) is 0 Å². The first-order valence-corrected chi connectivity index (χ1v) is 13.0. The van der Waals surface area contributed by atoms with Crippen molar-refractivity contribution < 1.29 is 24.5 Å². The number of esters is 1. The largest absolute Gasteiger partial charge is 0.451 e. The third kappa shape index (κ3) is 3.74. The summed E-state index contributed by atoms with van der Waals surface area (Å²) in [5.74, 6) is -0.701. The minimum atomic E-state index is -1.95. The van der Waals surface area contributed by atoms with Crippen LogP contribution in [0.25, 0.3) is 0 Å². The molecule has 0 unspecified atom stereocenters. The number of rotatable bonds is 6. The number of fused-ring (bicyclic) bond motifs is 3. The van der Waals surface area contributed by atoms with Gasteiger partial charge in [-0.3, -0.25) is 4.79 Å². The fourth-order valence-corrected chi connectivity index (χ4v) is 7.33. The van der Waals surface area contributed by atoms with E-state index < -0.39 is 29.2 Å². The van der Waals surface area contributed by atoms with Crippen LogP contribution in [0.15, 0.2) is 59.8 Å². The highest BCUT2D eigenvalue weighted by molar-refractivity contribution is 5.95. The van der Waals surface area contributed by atoms with Gasteiger partial charge in [0.15, 0.2) is 17.5 Å². The second-order valence-corrected chi connectivity index (χ2v) is 11.7. The zero-order valence-electron chi connectivity index (χ0n) is 21.8. The topological polar surface area (TPSA) is 83.8 Å². The Labute approximate surface area is 209 Å². The molecule has 1 spiro atoms. The maximum atomic E-state index is 14.2. The van der Waals surface area contributed by atoms with Crippen LogP contribution < -0.4 is 0 Å². The number of aliphatic hydroxyl groups excluding tert-OH is 1. The summed E-state index contributed by atoms with van der Waals surface area (Å²) in [5, 5.41) is 23.6. The lowest BCUT2D eigenvalue weighted by Crippen LogP contribution is -2.65. The lowest BCUT2D eigenvalue weighted by Gasteiger charge is -2.48. The summed E-state index contributed by atoms with van der Waals surface area (Å²) >= 11 is 0. The standard InChI is InChI=1S/C30H40O5/c1-7-8-9-10-11-12-13-14-23(31)35-27-18(2)15-21-24-22(28(24,5)6)16-20(4)29(26(21)33)17-19(3)25(32)30(27,29)34/h9-15,17,20-22,24-25,27,32,34H,7-8,16H2,1-6H3/b10-9-,12-11-,14-13+/t20-,21+,22-,24+,25+,27+,29+,30-/m1/s1. The average molecular weight is 481 g/mol. The Balaban J connectivity index is 1.70. The fraction of sp³-hybridized carbons (Fsp3) is 0.600. The molecule has 0 aromatic rings. The lowest BCUT2D eigenvalue weighted by atomic mass is 9.59. The highest BCUT2D eigenvalue weighted by atomic mass is 16.6. The third-order valence-corrected chi connectivity index (χ3v) is 9.23. The van der Waals surface area contributed by atoms with Crippen LogP contribution >= 0.6 is 0 Å². The van der Waals surface area contributed by atoms with Gasteiger partial charge in [0.1, 0.15) is 6.10 Å². The maximum Gasteiger partial charge on any atom is 0.331 e. The smallest absolute Gasteiger partial charge is 0.331 e. The normalized spacial score (nSPS) is 41.9. The Bertz CT molecular complexity index is 1040. The van der Waals surface area contributed by atoms with Crippen molar-refractivity contribution >= 4 is 11.8 Å². The van der Waals surface area contributed by atoms with E-state index in [1.807, 2.05) is 25.2 Å². The third-order valence-electron chi connectivity index (χ3n) is 9.23. The minimum absolute atomic E-state index is 0.0399. The van der Waals surface area contributed by atoms with Crippen molar-refractivity contribution in [1.29, 1.82) is 0 Å². The van der Waals surface area contributed by atoms with Gasteiger partial charge >= 0.3 is 5.97 Å². The van der Waals surface area contributed by atoms with E-state index in [9.17, 15) is 19.8 Å². The molecule has 35 heavy (non-hydrogen) atoms. The number of unbranched alkanes of at least 4 members (excludes halogenated alkanes) is 1. The summed E-state index contributed by atoms with van der Waals surface area (Å²) < 4.78 is 5.86. The molecule has 2 N–H and O–H groups in total. The first-order valence-electron chi connectivity index (χ1n) is 13.0. The summed E-state index contributed by atoms with van der Waals surface area (Å²) in [6.07, 6.45) is 14.6. The highest BCUT2D eigenvalue weighted by Gasteiger charge is 2.76. The SMILES string of the molecule is CCC\C=C/C=C\C=C\C(=O)O[C@H]1C(C)=C[C@@H]2C(=O)[C@]3(C=C(C)[C@H](O)[C@@]13O)[C@H](C)C[C@@H]1[C@H]2C1(C)C. The molecule has 0 aromatic heterocycles. The van der Waals surface area contributed by atoms with E-state index in [-0.39, 0.29) is 29.0 Å². The number of carbonyl (C=O) groups excluding carboxylic acids is 2. The van der Waals surface area contributed by atoms with Crippen LogP contribution in [0, 0.1) is 34.5 Å². The van der Waals surface area contributed by atoms with Gasteiger partial charge in [0, 0.05) is 12.0 Å². The molecule has 4 rings (SSSR count). The lowest BCUT2D eigenvalue weighted by molar-refractivity contribution is -0.201. The van der Waals surface area contributed by atoms with Gasteiger partial charge in [0.2, 0.25) is 0 Å². The summed E-state index contributed by atoms with van der Waals surface area (Å²) in [6, 6.07) is 0. The van der Waals surface area contributed by atoms with Gasteiger partial charge in [-0.25, -0.2) is 4.79 Å². The predicted molar refractivity (Wildman–Crippen MR) is 136 cm³/mol. The zero-order chi connectivity index (χ0) is 25.8. The van der Waals surface area contributed by atoms with Gasteiger partial charge in [-0.15, -0.1) is 0 Å². The van der Waals surface area contributed by atoms with Crippen molar-refractivity contribution in [2.75, 3.05) is 0 Å². The zero-order valence-corrected chi connectivity index (χ0v) is 21.8. The number of Topliss-reactive ketones (excluding diaryl/α,β-unsaturated/α-hetero) is 1. The monoisotopic (exact) mass is 480 g/mol. The molecule has 2 bridgehead atoms. The van der Waals surface area contributed by atoms with Crippen molar-refractivity contribution in [3.8, 4) is 0 Å². The molecule has 5 heteroatoms. The van der Waals surface area contributed by atoms with Crippen molar-refractivity contribution in [2.45, 2.75) is 78.6 Å². The Morgan fingerprint density at radius 2 is 1.86 bits per heavy atom. The molecule has 4 aliphatic rings. The van der Waals surface area contributed by atoms with Crippen LogP contribution in [-0.4, -0.2) is 39.8 Å². The number of carbonyl (C=O) groups is 2. The predicted octanol–water partition coefficient (Wildman–Crippen LogP) is 4.86. The molecule has 0 heterocycles. The van der Waals surface area contributed by atoms with Crippen LogP contribution in [0.2, 0.25) is 0 Å². The number of aliphatic hydroxyl groups is 2. The van der Waals surface area contributed by atoms with Crippen LogP contribution in [0.3, 0.4) is 0 Å². The van der Waals surface area contributed by atoms with Crippen molar-refractivity contribution in [1.82, 2.24) is 0 Å². The van der Waals surface area contributed by atoms with Crippen LogP contribution in [0.1, 0.15) is 60.8 Å². The molecule has 8 atom stereocenters. The molecular formula is C30H40O5. The Hall–Kier alpha value is -2.24. The summed E-state index contributed by atoms with van der Waals surface area (Å²) in [4.78, 5) is 27.1. The quantitative estimate of drug-likeness (QED) is 0.245. The summed E-state index contributed by atoms with van der Waals surface area (Å²) in [7, 11) is 0. The Morgan fingerprint density at radius 3 is 2.54 bits per heavy atom. The molecule has 4 aliphatic carbocycles. The van der Waals surface area contributed by atoms with Gasteiger partial charge in [-0.1, -0.05) is 76.6 Å². The Morgan fingerprint density at radius 1 is 1.17 bits per heavy atom. The second kappa shape index (κ2) is 9.01. The number of hydrogen-bond donors (Lipinski definition) is 2. The molecule has 2 fully saturated rings. The van der Waals surface area contributed by atoms with Gasteiger partial charge in [-0.05, 0) is 61.0 Å². The molecule has 0 radical (unpaired) electrons. The molecule has 2 saturated carbocycles. The molecule has 0 amide bonds. The molecule has 0 aromatic carbocycles. The average Bonchev–Trinajstić information content (AvgIpc) is 3.30. The van der Waals surface area contributed by atoms with Gasteiger partial charge in [0.25, 0.3) is 0 Å². The van der Waals surface area contributed by atoms with E-state index in [2.05, 4.69) is 26.8 Å². The van der Waals surface area contributed by atoms with Gasteiger partial charge in [-0.2, -0.15) is 0 Å². The Kier molecular flexibility index (Phi) is 6.65. The number of ketones is 1. The van der Waals surface area contributed by atoms with Crippen LogP contribution in [0.4, 0.5) is 0 Å². The summed E-state index contributed by atoms with van der Waals surface area (Å²) in [6.45, 7) is 12.1. The van der Waals surface area contributed by atoms with E-state index >= 15 is 0 Å². The molecular weight excluding hydrogens is 440 g/mol. The van der Waals surface area contributed by atoms with E-state index in [0.29, 0.717) is 17.1 Å². The molecule has 0 aliphatic heterocycles. The second-order valence-electron chi connectivity index (χ2n) is 11.7. The molecule has 190 valence electrons. The van der Waals surface area contributed by atoms with Crippen molar-refractivity contribution in [2.24, 2.45) is 34.5 Å². The van der Waals surface area contributed by atoms with Crippen LogP contribution in [-0.2, 0) is 14.3 Å². The summed E-state index contributed by atoms with van der Waals surface area (Å²) in [5.41, 5.74) is -2.05. The van der Waals surface area contributed by atoms with Gasteiger partial charge in [0.05, 0.1) is 5.41 Å². The number of hydrogen-bond acceptors (Lipinski definition) is 5. The van der Waals surface area contributed by atoms with Crippen LogP contribution in [0.5, 0.6) is 0 Å². The molecule has 5 nitrogen and oxygen atoms in total. The van der Waals surface area contributed by atoms with E-state index in [1.54, 1.807) is 32.1 Å². The minimum Gasteiger partial charge on any atom is -0.451 e. The van der Waals surface area contributed by atoms with E-state index in [1.165, 1.54) is 6.08 Å². The first kappa shape index (κ1) is 25.8. The maximum absolute atomic E-state index is 14.2.